The molecule has 2 aliphatic rings. The molecule has 4 rings (SSSR count). The van der Waals surface area contributed by atoms with Crippen LogP contribution in [0.1, 0.15) is 37.3 Å². The molecular weight excluding hydrogens is 621 g/mol. The van der Waals surface area contributed by atoms with E-state index in [2.05, 4.69) is 33.4 Å². The molecule has 1 aromatic heterocycles. The number of anilines is 1. The van der Waals surface area contributed by atoms with Gasteiger partial charge in [-0.3, -0.25) is 9.78 Å². The molecule has 0 spiro atoms. The van der Waals surface area contributed by atoms with Crippen LogP contribution in [0.2, 0.25) is 0 Å². The molecule has 0 atom stereocenters. The minimum atomic E-state index is -0.379. The zero-order chi connectivity index (χ0) is 20.8. The van der Waals surface area contributed by atoms with E-state index < -0.39 is 0 Å². The van der Waals surface area contributed by atoms with Crippen LogP contribution < -0.4 is 4.90 Å². The van der Waals surface area contributed by atoms with E-state index in [-0.39, 0.29) is 55.4 Å². The van der Waals surface area contributed by atoms with Gasteiger partial charge in [0.2, 0.25) is 0 Å². The fourth-order valence-corrected chi connectivity index (χ4v) is 5.55. The molecule has 0 aliphatic carbocycles. The maximum Gasteiger partial charge on any atom is 0.312 e. The first kappa shape index (κ1) is 25.0. The van der Waals surface area contributed by atoms with Gasteiger partial charge in [-0.05, 0) is 68.2 Å². The van der Waals surface area contributed by atoms with Crippen LogP contribution in [0.15, 0.2) is 47.6 Å². The molecule has 1 aromatic carbocycles. The summed E-state index contributed by atoms with van der Waals surface area (Å²) in [6, 6.07) is 10.8. The largest absolute Gasteiger partial charge is 0.658 e. The molecule has 2 aliphatic heterocycles. The summed E-state index contributed by atoms with van der Waals surface area (Å²) in [5.41, 5.74) is 3.59. The van der Waals surface area contributed by atoms with Crippen molar-refractivity contribution in [2.75, 3.05) is 36.9 Å². The van der Waals surface area contributed by atoms with Crippen molar-refractivity contribution < 1.29 is 53.6 Å². The topological polar surface area (TPSA) is 56.5 Å². The Morgan fingerprint density at radius 3 is 2.71 bits per heavy atom. The summed E-state index contributed by atoms with van der Waals surface area (Å²) < 4.78 is 5.51. The van der Waals surface area contributed by atoms with Crippen molar-refractivity contribution in [1.29, 1.82) is 0 Å². The van der Waals surface area contributed by atoms with E-state index in [1.165, 1.54) is 21.7 Å². The van der Waals surface area contributed by atoms with Gasteiger partial charge in [0.25, 0.3) is 0 Å². The molecule has 0 N–H and O–H groups in total. The van der Waals surface area contributed by atoms with Gasteiger partial charge in [-0.2, -0.15) is 0 Å². The van der Waals surface area contributed by atoms with Gasteiger partial charge in [0.15, 0.2) is 0 Å². The average molecular weight is 652 g/mol. The second kappa shape index (κ2) is 12.0. The Hall–Kier alpha value is -0.608. The SMILES string of the molecule is CCOC(=O)C1(CCSc2ccc3c(c2)C[N-]CC3)CCN(c2ccncc2)CC1.[Ac]. The first-order chi connectivity index (χ1) is 14.7. The third-order valence-corrected chi connectivity index (χ3v) is 7.30. The van der Waals surface area contributed by atoms with E-state index in [9.17, 15) is 4.79 Å². The number of hydrogen-bond donors (Lipinski definition) is 0. The van der Waals surface area contributed by atoms with Crippen LogP contribution in [0.4, 0.5) is 5.69 Å². The monoisotopic (exact) mass is 651 g/mol. The molecule has 1 radical (unpaired) electrons. The molecule has 163 valence electrons. The number of carbonyl (C=O) groups is 1. The van der Waals surface area contributed by atoms with Crippen LogP contribution in [-0.2, 0) is 22.5 Å². The van der Waals surface area contributed by atoms with Gasteiger partial charge in [-0.25, -0.2) is 0 Å². The normalized spacial score (nSPS) is 17.4. The molecule has 0 amide bonds. The number of esters is 1. The summed E-state index contributed by atoms with van der Waals surface area (Å²) in [5, 5.41) is 4.52. The molecular formula is C24H30AcN3O2S-. The summed E-state index contributed by atoms with van der Waals surface area (Å²) in [7, 11) is 0. The molecule has 3 heterocycles. The minimum Gasteiger partial charge on any atom is -0.658 e. The molecule has 0 saturated carbocycles. The van der Waals surface area contributed by atoms with Crippen LogP contribution in [-0.4, -0.2) is 42.9 Å². The predicted molar refractivity (Wildman–Crippen MR) is 122 cm³/mol. The van der Waals surface area contributed by atoms with Crippen LogP contribution in [0.3, 0.4) is 0 Å². The molecule has 5 nitrogen and oxygen atoms in total. The molecule has 0 bridgehead atoms. The van der Waals surface area contributed by atoms with Crippen molar-refractivity contribution in [3.05, 3.63) is 59.2 Å². The molecule has 0 unspecified atom stereocenters. The number of aromatic nitrogens is 1. The van der Waals surface area contributed by atoms with Gasteiger partial charge in [0.1, 0.15) is 0 Å². The second-order valence-electron chi connectivity index (χ2n) is 8.08. The number of ether oxygens (including phenoxy) is 1. The van der Waals surface area contributed by atoms with Gasteiger partial charge < -0.3 is 15.0 Å². The number of benzene rings is 1. The quantitative estimate of drug-likeness (QED) is 0.317. The summed E-state index contributed by atoms with van der Waals surface area (Å²) in [4.78, 5) is 20.7. The first-order valence-electron chi connectivity index (χ1n) is 10.9. The van der Waals surface area contributed by atoms with Crippen LogP contribution in [0, 0.1) is 49.5 Å². The van der Waals surface area contributed by atoms with Gasteiger partial charge >= 0.3 is 5.97 Å². The third-order valence-electron chi connectivity index (χ3n) is 6.31. The average Bonchev–Trinajstić information content (AvgIpc) is 2.80. The Kier molecular flexibility index (Phi) is 9.70. The molecule has 1 fully saturated rings. The molecule has 7 heteroatoms. The first-order valence-corrected chi connectivity index (χ1v) is 11.9. The van der Waals surface area contributed by atoms with Gasteiger partial charge in [0, 0.05) is 80.1 Å². The third kappa shape index (κ3) is 6.25. The summed E-state index contributed by atoms with van der Waals surface area (Å²) >= 11 is 1.85. The standard InChI is InChI=1S/C24H30N3O2S.Ac/c1-2-29-23(28)24(8-14-27(15-9-24)21-6-12-25-13-7-21)10-16-30-22-4-3-19-5-11-26-18-20(19)17-22;/h3-4,6-7,12-13,17H,2,5,8-11,14-16,18H2,1H3;/q-1;. The van der Waals surface area contributed by atoms with Gasteiger partial charge in [0.05, 0.1) is 12.0 Å². The Morgan fingerprint density at radius 1 is 1.19 bits per heavy atom. The number of piperidine rings is 1. The fourth-order valence-electron chi connectivity index (χ4n) is 4.43. The van der Waals surface area contributed by atoms with Crippen LogP contribution in [0.25, 0.3) is 5.32 Å². The van der Waals surface area contributed by atoms with Crippen molar-refractivity contribution in [3.63, 3.8) is 0 Å². The Bertz CT molecular complexity index is 857. The van der Waals surface area contributed by atoms with E-state index in [4.69, 9.17) is 4.74 Å². The smallest absolute Gasteiger partial charge is 0.312 e. The summed E-state index contributed by atoms with van der Waals surface area (Å²) in [6.45, 7) is 5.85. The van der Waals surface area contributed by atoms with Crippen molar-refractivity contribution in [3.8, 4) is 0 Å². The minimum absolute atomic E-state index is 0. The number of hydrogen-bond acceptors (Lipinski definition) is 5. The Morgan fingerprint density at radius 2 is 1.97 bits per heavy atom. The summed E-state index contributed by atoms with van der Waals surface area (Å²) in [5.74, 6) is 0.897. The Balaban J connectivity index is 0.00000272. The van der Waals surface area contributed by atoms with Gasteiger partial charge in [-0.15, -0.1) is 24.9 Å². The molecule has 1 saturated heterocycles. The van der Waals surface area contributed by atoms with E-state index in [1.807, 2.05) is 43.2 Å². The number of pyridine rings is 1. The van der Waals surface area contributed by atoms with Crippen molar-refractivity contribution >= 4 is 23.4 Å². The fraction of sp³-hybridized carbons (Fsp3) is 0.500. The second-order valence-corrected chi connectivity index (χ2v) is 9.25. The zero-order valence-corrected chi connectivity index (χ0v) is 23.8. The number of carbonyl (C=O) groups excluding carboxylic acids is 1. The number of fused-ring (bicyclic) bond motifs is 1. The molecule has 31 heavy (non-hydrogen) atoms. The van der Waals surface area contributed by atoms with E-state index in [0.717, 1.165) is 57.6 Å². The molecule has 2 aromatic rings. The number of rotatable bonds is 7. The number of thioether (sulfide) groups is 1. The van der Waals surface area contributed by atoms with E-state index in [0.29, 0.717) is 6.61 Å². The van der Waals surface area contributed by atoms with Crippen LogP contribution in [0.5, 0.6) is 0 Å². The van der Waals surface area contributed by atoms with Crippen LogP contribution >= 0.6 is 11.8 Å². The number of nitrogens with zero attached hydrogens (tertiary/aromatic N) is 3. The maximum atomic E-state index is 12.9. The summed E-state index contributed by atoms with van der Waals surface area (Å²) in [6.07, 6.45) is 7.22. The maximum absolute atomic E-state index is 12.9. The van der Waals surface area contributed by atoms with Gasteiger partial charge in [-0.1, -0.05) is 11.6 Å². The van der Waals surface area contributed by atoms with E-state index in [1.54, 1.807) is 0 Å². The van der Waals surface area contributed by atoms with Crippen molar-refractivity contribution in [2.45, 2.75) is 44.0 Å². The van der Waals surface area contributed by atoms with Crippen molar-refractivity contribution in [1.82, 2.24) is 4.98 Å². The Labute approximate surface area is 225 Å². The zero-order valence-electron chi connectivity index (χ0n) is 18.3. The van der Waals surface area contributed by atoms with E-state index >= 15 is 0 Å². The van der Waals surface area contributed by atoms with Crippen molar-refractivity contribution in [2.24, 2.45) is 5.41 Å². The predicted octanol–water partition coefficient (Wildman–Crippen LogP) is 4.84.